The Morgan fingerprint density at radius 2 is 1.86 bits per heavy atom. The fourth-order valence-corrected chi connectivity index (χ4v) is 2.44. The molecule has 2 aromatic rings. The van der Waals surface area contributed by atoms with Gasteiger partial charge in [0.25, 0.3) is 0 Å². The van der Waals surface area contributed by atoms with Crippen molar-refractivity contribution < 1.29 is 4.74 Å². The van der Waals surface area contributed by atoms with Crippen molar-refractivity contribution in [1.82, 2.24) is 0 Å². The van der Waals surface area contributed by atoms with E-state index in [1.807, 2.05) is 37.3 Å². The standard InChI is InChI=1S/C18H22ClNO/c1-14(21-17-11-6-10-16(19)13-17)18(20)12-5-9-15-7-3-2-4-8-15/h2-4,6-8,10-11,13-14,18H,5,9,12,20H2,1H3. The highest BCUT2D eigenvalue weighted by atomic mass is 35.5. The molecule has 0 aromatic heterocycles. The maximum atomic E-state index is 6.21. The van der Waals surface area contributed by atoms with E-state index in [1.54, 1.807) is 0 Å². The predicted octanol–water partition coefficient (Wildman–Crippen LogP) is 4.46. The molecule has 0 aliphatic heterocycles. The molecule has 0 saturated heterocycles. The molecule has 2 rings (SSSR count). The van der Waals surface area contributed by atoms with Crippen molar-refractivity contribution in [2.24, 2.45) is 5.73 Å². The molecule has 0 bridgehead atoms. The Kier molecular flexibility index (Phi) is 6.09. The Morgan fingerprint density at radius 3 is 2.57 bits per heavy atom. The van der Waals surface area contributed by atoms with E-state index in [9.17, 15) is 0 Å². The Hall–Kier alpha value is -1.51. The van der Waals surface area contributed by atoms with Crippen LogP contribution in [-0.4, -0.2) is 12.1 Å². The summed E-state index contributed by atoms with van der Waals surface area (Å²) in [6, 6.07) is 17.9. The Labute approximate surface area is 131 Å². The number of hydrogen-bond donors (Lipinski definition) is 1. The van der Waals surface area contributed by atoms with Crippen LogP contribution in [0.1, 0.15) is 25.3 Å². The smallest absolute Gasteiger partial charge is 0.121 e. The third-order valence-electron chi connectivity index (χ3n) is 3.57. The van der Waals surface area contributed by atoms with Gasteiger partial charge < -0.3 is 10.5 Å². The first kappa shape index (κ1) is 15.9. The van der Waals surface area contributed by atoms with Gasteiger partial charge in [0.15, 0.2) is 0 Å². The summed E-state index contributed by atoms with van der Waals surface area (Å²) in [5, 5.41) is 0.678. The van der Waals surface area contributed by atoms with E-state index in [1.165, 1.54) is 5.56 Å². The van der Waals surface area contributed by atoms with Gasteiger partial charge in [-0.05, 0) is 49.9 Å². The van der Waals surface area contributed by atoms with Gasteiger partial charge in [0, 0.05) is 11.1 Å². The first-order valence-corrected chi connectivity index (χ1v) is 7.74. The molecule has 112 valence electrons. The number of nitrogens with two attached hydrogens (primary N) is 1. The summed E-state index contributed by atoms with van der Waals surface area (Å²) in [6.07, 6.45) is 3.03. The van der Waals surface area contributed by atoms with Crippen molar-refractivity contribution in [2.45, 2.75) is 38.3 Å². The van der Waals surface area contributed by atoms with Gasteiger partial charge in [-0.25, -0.2) is 0 Å². The summed E-state index contributed by atoms with van der Waals surface area (Å²) < 4.78 is 5.85. The van der Waals surface area contributed by atoms with E-state index >= 15 is 0 Å². The van der Waals surface area contributed by atoms with E-state index < -0.39 is 0 Å². The molecule has 2 unspecified atom stereocenters. The summed E-state index contributed by atoms with van der Waals surface area (Å²) in [7, 11) is 0. The predicted molar refractivity (Wildman–Crippen MR) is 88.9 cm³/mol. The van der Waals surface area contributed by atoms with Gasteiger partial charge in [0.1, 0.15) is 11.9 Å². The van der Waals surface area contributed by atoms with Gasteiger partial charge in [-0.15, -0.1) is 0 Å². The number of aryl methyl sites for hydroxylation is 1. The number of ether oxygens (including phenoxy) is 1. The fourth-order valence-electron chi connectivity index (χ4n) is 2.26. The van der Waals surface area contributed by atoms with E-state index in [-0.39, 0.29) is 12.1 Å². The van der Waals surface area contributed by atoms with Crippen LogP contribution in [-0.2, 0) is 6.42 Å². The van der Waals surface area contributed by atoms with Gasteiger partial charge in [-0.1, -0.05) is 48.0 Å². The maximum Gasteiger partial charge on any atom is 0.121 e. The maximum absolute atomic E-state index is 6.21. The van der Waals surface area contributed by atoms with Crippen molar-refractivity contribution in [1.29, 1.82) is 0 Å². The van der Waals surface area contributed by atoms with Gasteiger partial charge in [-0.2, -0.15) is 0 Å². The molecule has 2 N–H and O–H groups in total. The van der Waals surface area contributed by atoms with Gasteiger partial charge >= 0.3 is 0 Å². The summed E-state index contributed by atoms with van der Waals surface area (Å²) in [5.74, 6) is 0.772. The normalized spacial score (nSPS) is 13.7. The topological polar surface area (TPSA) is 35.2 Å². The molecule has 0 fully saturated rings. The van der Waals surface area contributed by atoms with Crippen LogP contribution in [0.4, 0.5) is 0 Å². The SMILES string of the molecule is CC(Oc1cccc(Cl)c1)C(N)CCCc1ccccc1. The molecular weight excluding hydrogens is 282 g/mol. The van der Waals surface area contributed by atoms with Crippen LogP contribution in [0.25, 0.3) is 0 Å². The molecule has 0 aliphatic rings. The summed E-state index contributed by atoms with van der Waals surface area (Å²) in [5.41, 5.74) is 7.56. The molecule has 2 aromatic carbocycles. The van der Waals surface area contributed by atoms with Crippen LogP contribution in [0, 0.1) is 0 Å². The Bertz CT molecular complexity index is 544. The molecular formula is C18H22ClNO. The highest BCUT2D eigenvalue weighted by Crippen LogP contribution is 2.19. The average Bonchev–Trinajstić information content (AvgIpc) is 2.48. The zero-order valence-electron chi connectivity index (χ0n) is 12.3. The third-order valence-corrected chi connectivity index (χ3v) is 3.80. The molecule has 3 heteroatoms. The molecule has 2 nitrogen and oxygen atoms in total. The summed E-state index contributed by atoms with van der Waals surface area (Å²) in [4.78, 5) is 0. The molecule has 21 heavy (non-hydrogen) atoms. The number of halogens is 1. The lowest BCUT2D eigenvalue weighted by atomic mass is 10.0. The van der Waals surface area contributed by atoms with E-state index in [0.29, 0.717) is 5.02 Å². The van der Waals surface area contributed by atoms with Gasteiger partial charge in [0.2, 0.25) is 0 Å². The van der Waals surface area contributed by atoms with Crippen molar-refractivity contribution in [3.8, 4) is 5.75 Å². The highest BCUT2D eigenvalue weighted by Gasteiger charge is 2.14. The lowest BCUT2D eigenvalue weighted by Gasteiger charge is -2.21. The first-order valence-electron chi connectivity index (χ1n) is 7.37. The molecule has 0 spiro atoms. The van der Waals surface area contributed by atoms with Gasteiger partial charge in [0.05, 0.1) is 0 Å². The molecule has 0 radical (unpaired) electrons. The van der Waals surface area contributed by atoms with Crippen molar-refractivity contribution in [2.75, 3.05) is 0 Å². The average molecular weight is 304 g/mol. The van der Waals surface area contributed by atoms with Crippen LogP contribution in [0.2, 0.25) is 5.02 Å². The van der Waals surface area contributed by atoms with Crippen LogP contribution >= 0.6 is 11.6 Å². The first-order chi connectivity index (χ1) is 10.1. The molecule has 0 amide bonds. The summed E-state index contributed by atoms with van der Waals surface area (Å²) in [6.45, 7) is 2.01. The molecule has 2 atom stereocenters. The zero-order valence-corrected chi connectivity index (χ0v) is 13.1. The quantitative estimate of drug-likeness (QED) is 0.819. The monoisotopic (exact) mass is 303 g/mol. The van der Waals surface area contributed by atoms with Crippen LogP contribution < -0.4 is 10.5 Å². The molecule has 0 heterocycles. The number of benzene rings is 2. The third kappa shape index (κ3) is 5.41. The lowest BCUT2D eigenvalue weighted by molar-refractivity contribution is 0.183. The van der Waals surface area contributed by atoms with Crippen molar-refractivity contribution in [3.63, 3.8) is 0 Å². The number of rotatable bonds is 7. The Balaban J connectivity index is 1.76. The summed E-state index contributed by atoms with van der Waals surface area (Å²) >= 11 is 5.95. The zero-order chi connectivity index (χ0) is 15.1. The minimum absolute atomic E-state index is 0.0210. The van der Waals surface area contributed by atoms with Gasteiger partial charge in [-0.3, -0.25) is 0 Å². The second-order valence-corrected chi connectivity index (χ2v) is 5.76. The van der Waals surface area contributed by atoms with E-state index in [0.717, 1.165) is 25.0 Å². The van der Waals surface area contributed by atoms with Crippen LogP contribution in [0.3, 0.4) is 0 Å². The minimum Gasteiger partial charge on any atom is -0.489 e. The van der Waals surface area contributed by atoms with E-state index in [4.69, 9.17) is 22.1 Å². The van der Waals surface area contributed by atoms with Crippen molar-refractivity contribution in [3.05, 3.63) is 65.2 Å². The number of hydrogen-bond acceptors (Lipinski definition) is 2. The van der Waals surface area contributed by atoms with Crippen molar-refractivity contribution >= 4 is 11.6 Å². The molecule has 0 aliphatic carbocycles. The second-order valence-electron chi connectivity index (χ2n) is 5.32. The highest BCUT2D eigenvalue weighted by molar-refractivity contribution is 6.30. The molecule has 0 saturated carbocycles. The fraction of sp³-hybridized carbons (Fsp3) is 0.333. The minimum atomic E-state index is -0.0285. The lowest BCUT2D eigenvalue weighted by Crippen LogP contribution is -2.36. The Morgan fingerprint density at radius 1 is 1.10 bits per heavy atom. The van der Waals surface area contributed by atoms with Crippen LogP contribution in [0.5, 0.6) is 5.75 Å². The van der Waals surface area contributed by atoms with Crippen LogP contribution in [0.15, 0.2) is 54.6 Å². The largest absolute Gasteiger partial charge is 0.489 e. The van der Waals surface area contributed by atoms with E-state index in [2.05, 4.69) is 24.3 Å². The second kappa shape index (κ2) is 8.06.